The van der Waals surface area contributed by atoms with Crippen LogP contribution in [0.5, 0.6) is 5.75 Å². The zero-order chi connectivity index (χ0) is 10.6. The van der Waals surface area contributed by atoms with Gasteiger partial charge < -0.3 is 4.74 Å². The first-order valence-corrected chi connectivity index (χ1v) is 6.47. The molecule has 1 rings (SSSR count). The van der Waals surface area contributed by atoms with Gasteiger partial charge in [-0.2, -0.15) is 0 Å². The monoisotopic (exact) mass is 228 g/mol. The molecule has 0 saturated carbocycles. The molecule has 0 N–H and O–H groups in total. The summed E-state index contributed by atoms with van der Waals surface area (Å²) in [5.74, 6) is 0.761. The molecule has 4 heteroatoms. The Morgan fingerprint density at radius 1 is 1.29 bits per heavy atom. The number of rotatable bonds is 4. The number of aldehydes is 1. The zero-order valence-corrected chi connectivity index (χ0v) is 10.00. The number of thioether (sulfide) groups is 2. The van der Waals surface area contributed by atoms with Gasteiger partial charge in [0.2, 0.25) is 0 Å². The highest BCUT2D eigenvalue weighted by Crippen LogP contribution is 2.35. The fourth-order valence-corrected chi connectivity index (χ4v) is 2.59. The molecule has 1 aromatic rings. The van der Waals surface area contributed by atoms with Crippen LogP contribution in [0.4, 0.5) is 0 Å². The van der Waals surface area contributed by atoms with Crippen LogP contribution in [0.25, 0.3) is 0 Å². The van der Waals surface area contributed by atoms with E-state index in [0.29, 0.717) is 0 Å². The third-order valence-electron chi connectivity index (χ3n) is 1.88. The van der Waals surface area contributed by atoms with Crippen molar-refractivity contribution in [3.8, 4) is 5.75 Å². The van der Waals surface area contributed by atoms with E-state index in [9.17, 15) is 4.79 Å². The molecule has 0 aliphatic carbocycles. The minimum absolute atomic E-state index is 0.726. The summed E-state index contributed by atoms with van der Waals surface area (Å²) >= 11 is 3.10. The maximum atomic E-state index is 11.0. The fourth-order valence-electron chi connectivity index (χ4n) is 1.22. The van der Waals surface area contributed by atoms with Gasteiger partial charge in [0, 0.05) is 10.5 Å². The number of carbonyl (C=O) groups is 1. The van der Waals surface area contributed by atoms with E-state index in [-0.39, 0.29) is 0 Å². The van der Waals surface area contributed by atoms with E-state index >= 15 is 0 Å². The highest BCUT2D eigenvalue weighted by atomic mass is 32.2. The van der Waals surface area contributed by atoms with Crippen LogP contribution in [0.2, 0.25) is 0 Å². The summed E-state index contributed by atoms with van der Waals surface area (Å²) < 4.78 is 5.19. The minimum atomic E-state index is 0.726. The summed E-state index contributed by atoms with van der Waals surface area (Å²) in [6.07, 6.45) is 4.79. The first-order valence-electron chi connectivity index (χ1n) is 4.02. The molecule has 76 valence electrons. The van der Waals surface area contributed by atoms with E-state index in [2.05, 4.69) is 0 Å². The van der Waals surface area contributed by atoms with Crippen molar-refractivity contribution < 1.29 is 9.53 Å². The van der Waals surface area contributed by atoms with Crippen LogP contribution in [0.15, 0.2) is 21.9 Å². The highest BCUT2D eigenvalue weighted by molar-refractivity contribution is 7.99. The van der Waals surface area contributed by atoms with Crippen molar-refractivity contribution in [2.24, 2.45) is 0 Å². The average Bonchev–Trinajstić information content (AvgIpc) is 2.26. The SMILES string of the molecule is COc1ccc(SC)c(C=O)c1SC. The predicted octanol–water partition coefficient (Wildman–Crippen LogP) is 2.95. The maximum absolute atomic E-state index is 11.0. The van der Waals surface area contributed by atoms with Gasteiger partial charge in [-0.1, -0.05) is 0 Å². The number of methoxy groups -OCH3 is 1. The standard InChI is InChI=1S/C10H12O2S2/c1-12-8-4-5-9(13-2)7(6-11)10(8)14-3/h4-6H,1-3H3. The Labute approximate surface area is 92.4 Å². The Kier molecular flexibility index (Phi) is 4.35. The van der Waals surface area contributed by atoms with Crippen molar-refractivity contribution >= 4 is 29.8 Å². The Hall–Kier alpha value is -0.610. The Bertz CT molecular complexity index is 337. The van der Waals surface area contributed by atoms with Gasteiger partial charge in [-0.15, -0.1) is 23.5 Å². The topological polar surface area (TPSA) is 26.3 Å². The van der Waals surface area contributed by atoms with Gasteiger partial charge in [0.15, 0.2) is 6.29 Å². The summed E-state index contributed by atoms with van der Waals surface area (Å²) in [5.41, 5.74) is 0.726. The molecule has 0 aromatic heterocycles. The van der Waals surface area contributed by atoms with Crippen LogP contribution in [-0.2, 0) is 0 Å². The van der Waals surface area contributed by atoms with Crippen LogP contribution in [-0.4, -0.2) is 25.9 Å². The molecule has 0 spiro atoms. The molecule has 0 aliphatic heterocycles. The minimum Gasteiger partial charge on any atom is -0.496 e. The van der Waals surface area contributed by atoms with E-state index in [1.807, 2.05) is 24.6 Å². The molecule has 2 nitrogen and oxygen atoms in total. The summed E-state index contributed by atoms with van der Waals surface area (Å²) in [5, 5.41) is 0. The second-order valence-corrected chi connectivity index (χ2v) is 4.20. The molecule has 0 radical (unpaired) electrons. The maximum Gasteiger partial charge on any atom is 0.152 e. The third-order valence-corrected chi connectivity index (χ3v) is 3.51. The lowest BCUT2D eigenvalue weighted by molar-refractivity contribution is 0.111. The summed E-state index contributed by atoms with van der Waals surface area (Å²) in [6.45, 7) is 0. The van der Waals surface area contributed by atoms with Gasteiger partial charge in [0.25, 0.3) is 0 Å². The van der Waals surface area contributed by atoms with E-state index in [1.54, 1.807) is 18.9 Å². The second kappa shape index (κ2) is 5.32. The molecule has 0 fully saturated rings. The van der Waals surface area contributed by atoms with Crippen LogP contribution in [0.3, 0.4) is 0 Å². The molecular weight excluding hydrogens is 216 g/mol. The molecule has 0 unspecified atom stereocenters. The number of hydrogen-bond donors (Lipinski definition) is 0. The van der Waals surface area contributed by atoms with Crippen molar-refractivity contribution in [3.63, 3.8) is 0 Å². The first-order chi connectivity index (χ1) is 6.78. The molecule has 0 bridgehead atoms. The summed E-state index contributed by atoms with van der Waals surface area (Å²) in [7, 11) is 1.61. The Balaban J connectivity index is 3.35. The smallest absolute Gasteiger partial charge is 0.152 e. The van der Waals surface area contributed by atoms with Crippen LogP contribution in [0.1, 0.15) is 10.4 Å². The highest BCUT2D eigenvalue weighted by Gasteiger charge is 2.11. The van der Waals surface area contributed by atoms with Crippen LogP contribution < -0.4 is 4.74 Å². The molecule has 0 aliphatic rings. The lowest BCUT2D eigenvalue weighted by Crippen LogP contribution is -1.93. The number of carbonyl (C=O) groups excluding carboxylic acids is 1. The number of benzene rings is 1. The summed E-state index contributed by atoms with van der Waals surface area (Å²) in [6, 6.07) is 3.80. The third kappa shape index (κ3) is 2.07. The van der Waals surface area contributed by atoms with Gasteiger partial charge >= 0.3 is 0 Å². The van der Waals surface area contributed by atoms with Crippen molar-refractivity contribution in [1.82, 2.24) is 0 Å². The molecular formula is C10H12O2S2. The molecule has 0 amide bonds. The molecule has 14 heavy (non-hydrogen) atoms. The Morgan fingerprint density at radius 3 is 2.43 bits per heavy atom. The van der Waals surface area contributed by atoms with Crippen molar-refractivity contribution in [1.29, 1.82) is 0 Å². The normalized spacial score (nSPS) is 9.93. The van der Waals surface area contributed by atoms with Crippen LogP contribution >= 0.6 is 23.5 Å². The molecule has 1 aromatic carbocycles. The molecule has 0 saturated heterocycles. The molecule has 0 heterocycles. The van der Waals surface area contributed by atoms with Gasteiger partial charge in [-0.3, -0.25) is 4.79 Å². The number of hydrogen-bond acceptors (Lipinski definition) is 4. The lowest BCUT2D eigenvalue weighted by atomic mass is 10.2. The number of ether oxygens (including phenoxy) is 1. The second-order valence-electron chi connectivity index (χ2n) is 2.53. The van der Waals surface area contributed by atoms with E-state index in [1.165, 1.54) is 11.8 Å². The van der Waals surface area contributed by atoms with E-state index in [0.717, 1.165) is 27.4 Å². The summed E-state index contributed by atoms with van der Waals surface area (Å²) in [4.78, 5) is 12.9. The van der Waals surface area contributed by atoms with Crippen LogP contribution in [0, 0.1) is 0 Å². The van der Waals surface area contributed by atoms with Crippen molar-refractivity contribution in [3.05, 3.63) is 17.7 Å². The lowest BCUT2D eigenvalue weighted by Gasteiger charge is -2.11. The average molecular weight is 228 g/mol. The quantitative estimate of drug-likeness (QED) is 0.584. The fraction of sp³-hybridized carbons (Fsp3) is 0.300. The van der Waals surface area contributed by atoms with E-state index in [4.69, 9.17) is 4.74 Å². The van der Waals surface area contributed by atoms with Crippen molar-refractivity contribution in [2.45, 2.75) is 9.79 Å². The van der Waals surface area contributed by atoms with Gasteiger partial charge in [0.05, 0.1) is 12.0 Å². The Morgan fingerprint density at radius 2 is 2.00 bits per heavy atom. The zero-order valence-electron chi connectivity index (χ0n) is 8.37. The largest absolute Gasteiger partial charge is 0.496 e. The van der Waals surface area contributed by atoms with Gasteiger partial charge in [-0.25, -0.2) is 0 Å². The van der Waals surface area contributed by atoms with E-state index < -0.39 is 0 Å². The molecule has 0 atom stereocenters. The van der Waals surface area contributed by atoms with Gasteiger partial charge in [0.1, 0.15) is 5.75 Å². The van der Waals surface area contributed by atoms with Gasteiger partial charge in [-0.05, 0) is 24.6 Å². The predicted molar refractivity (Wildman–Crippen MR) is 61.9 cm³/mol. The van der Waals surface area contributed by atoms with Crippen molar-refractivity contribution in [2.75, 3.05) is 19.6 Å². The first kappa shape index (κ1) is 11.5.